The van der Waals surface area contributed by atoms with Crippen LogP contribution in [0.1, 0.15) is 45.4 Å². The predicted molar refractivity (Wildman–Crippen MR) is 70.0 cm³/mol. The summed E-state index contributed by atoms with van der Waals surface area (Å²) in [5.74, 6) is -0.676. The largest absolute Gasteiger partial charge is 0.465 e. The molecule has 0 aromatic carbocycles. The highest BCUT2D eigenvalue weighted by Crippen LogP contribution is 2.36. The standard InChI is InChI=1S/C14H22N2O3/c1-3-19-12(17)10-16(2)13(18)14(11-15)8-6-4-5-7-9-14/h3-10H2,1-2H3. The third-order valence-electron chi connectivity index (χ3n) is 3.60. The molecule has 19 heavy (non-hydrogen) atoms. The molecule has 0 aliphatic heterocycles. The average Bonchev–Trinajstić information content (AvgIpc) is 2.64. The number of esters is 1. The summed E-state index contributed by atoms with van der Waals surface area (Å²) in [6.45, 7) is 1.93. The van der Waals surface area contributed by atoms with Crippen molar-refractivity contribution in [1.82, 2.24) is 4.90 Å². The lowest BCUT2D eigenvalue weighted by molar-refractivity contribution is -0.150. The number of nitrogens with zero attached hydrogens (tertiary/aromatic N) is 2. The number of carbonyl (C=O) groups excluding carboxylic acids is 2. The topological polar surface area (TPSA) is 70.4 Å². The Morgan fingerprint density at radius 1 is 1.26 bits per heavy atom. The van der Waals surface area contributed by atoms with Gasteiger partial charge in [0.25, 0.3) is 0 Å². The van der Waals surface area contributed by atoms with Crippen LogP contribution in [0.3, 0.4) is 0 Å². The minimum atomic E-state index is -0.947. The minimum absolute atomic E-state index is 0.0872. The Hall–Kier alpha value is -1.57. The first-order valence-electron chi connectivity index (χ1n) is 6.88. The number of likely N-dealkylation sites (N-methyl/N-ethyl adjacent to an activating group) is 1. The van der Waals surface area contributed by atoms with Crippen LogP contribution in [-0.2, 0) is 14.3 Å². The van der Waals surface area contributed by atoms with Gasteiger partial charge in [-0.2, -0.15) is 5.26 Å². The highest BCUT2D eigenvalue weighted by Gasteiger charge is 2.41. The van der Waals surface area contributed by atoms with Crippen LogP contribution in [0.25, 0.3) is 0 Å². The highest BCUT2D eigenvalue weighted by atomic mass is 16.5. The van der Waals surface area contributed by atoms with Crippen LogP contribution in [0, 0.1) is 16.7 Å². The molecular formula is C14H22N2O3. The van der Waals surface area contributed by atoms with Crippen molar-refractivity contribution in [2.45, 2.75) is 45.4 Å². The molecule has 1 aliphatic carbocycles. The van der Waals surface area contributed by atoms with Crippen molar-refractivity contribution in [3.63, 3.8) is 0 Å². The summed E-state index contributed by atoms with van der Waals surface area (Å²) in [6, 6.07) is 2.20. The van der Waals surface area contributed by atoms with Gasteiger partial charge in [0.05, 0.1) is 12.7 Å². The van der Waals surface area contributed by atoms with Crippen molar-refractivity contribution in [1.29, 1.82) is 5.26 Å². The van der Waals surface area contributed by atoms with Gasteiger partial charge in [0.2, 0.25) is 5.91 Å². The van der Waals surface area contributed by atoms with Crippen molar-refractivity contribution in [2.75, 3.05) is 20.2 Å². The van der Waals surface area contributed by atoms with Gasteiger partial charge >= 0.3 is 5.97 Å². The van der Waals surface area contributed by atoms with E-state index in [4.69, 9.17) is 4.74 Å². The SMILES string of the molecule is CCOC(=O)CN(C)C(=O)C1(C#N)CCCCCC1. The van der Waals surface area contributed by atoms with Crippen LogP contribution in [0.4, 0.5) is 0 Å². The van der Waals surface area contributed by atoms with Crippen LogP contribution in [0.2, 0.25) is 0 Å². The quantitative estimate of drug-likeness (QED) is 0.575. The zero-order valence-electron chi connectivity index (χ0n) is 11.8. The van der Waals surface area contributed by atoms with Crippen LogP contribution < -0.4 is 0 Å². The van der Waals surface area contributed by atoms with Gasteiger partial charge in [0.15, 0.2) is 0 Å². The van der Waals surface area contributed by atoms with Crippen LogP contribution >= 0.6 is 0 Å². The Morgan fingerprint density at radius 3 is 2.32 bits per heavy atom. The second kappa shape index (κ2) is 7.13. The molecule has 5 heteroatoms. The van der Waals surface area contributed by atoms with Crippen LogP contribution in [0.5, 0.6) is 0 Å². The Kier molecular flexibility index (Phi) is 5.81. The van der Waals surface area contributed by atoms with Crippen molar-refractivity contribution in [2.24, 2.45) is 5.41 Å². The molecule has 0 aromatic heterocycles. The minimum Gasteiger partial charge on any atom is -0.465 e. The third kappa shape index (κ3) is 3.95. The molecule has 1 saturated carbocycles. The second-order valence-corrected chi connectivity index (χ2v) is 5.07. The molecule has 0 heterocycles. The van der Waals surface area contributed by atoms with Gasteiger partial charge in [-0.15, -0.1) is 0 Å². The lowest BCUT2D eigenvalue weighted by atomic mass is 9.80. The van der Waals surface area contributed by atoms with Gasteiger partial charge in [-0.3, -0.25) is 9.59 Å². The van der Waals surface area contributed by atoms with Crippen LogP contribution in [-0.4, -0.2) is 37.0 Å². The summed E-state index contributed by atoms with van der Waals surface area (Å²) in [4.78, 5) is 25.2. The van der Waals surface area contributed by atoms with Gasteiger partial charge in [-0.05, 0) is 19.8 Å². The highest BCUT2D eigenvalue weighted by molar-refractivity contribution is 5.88. The Bertz CT molecular complexity index is 365. The lowest BCUT2D eigenvalue weighted by Crippen LogP contribution is -2.43. The van der Waals surface area contributed by atoms with E-state index in [1.807, 2.05) is 0 Å². The summed E-state index contributed by atoms with van der Waals surface area (Å²) >= 11 is 0. The molecule has 0 unspecified atom stereocenters. The van der Waals surface area contributed by atoms with Gasteiger partial charge in [0.1, 0.15) is 12.0 Å². The first-order chi connectivity index (χ1) is 9.05. The van der Waals surface area contributed by atoms with Gasteiger partial charge in [-0.1, -0.05) is 25.7 Å². The van der Waals surface area contributed by atoms with E-state index in [2.05, 4.69) is 6.07 Å². The number of nitriles is 1. The van der Waals surface area contributed by atoms with E-state index in [1.165, 1.54) is 4.90 Å². The smallest absolute Gasteiger partial charge is 0.325 e. The molecule has 0 radical (unpaired) electrons. The Balaban J connectivity index is 2.72. The number of hydrogen-bond donors (Lipinski definition) is 0. The maximum absolute atomic E-state index is 12.4. The fourth-order valence-corrected chi connectivity index (χ4v) is 2.54. The summed E-state index contributed by atoms with van der Waals surface area (Å²) in [7, 11) is 1.56. The fourth-order valence-electron chi connectivity index (χ4n) is 2.54. The van der Waals surface area contributed by atoms with E-state index < -0.39 is 11.4 Å². The maximum Gasteiger partial charge on any atom is 0.325 e. The molecule has 0 spiro atoms. The molecule has 106 valence electrons. The summed E-state index contributed by atoms with van der Waals surface area (Å²) < 4.78 is 4.83. The van der Waals surface area contributed by atoms with Crippen LogP contribution in [0.15, 0.2) is 0 Å². The monoisotopic (exact) mass is 266 g/mol. The average molecular weight is 266 g/mol. The van der Waals surface area contributed by atoms with E-state index in [-0.39, 0.29) is 12.5 Å². The molecule has 1 rings (SSSR count). The predicted octanol–water partition coefficient (Wildman–Crippen LogP) is 1.87. The molecule has 1 aliphatic rings. The lowest BCUT2D eigenvalue weighted by Gasteiger charge is -2.28. The maximum atomic E-state index is 12.4. The number of rotatable bonds is 4. The number of hydrogen-bond acceptors (Lipinski definition) is 4. The molecule has 5 nitrogen and oxygen atoms in total. The zero-order chi connectivity index (χ0) is 14.3. The molecule has 0 saturated heterocycles. The summed E-state index contributed by atoms with van der Waals surface area (Å²) in [5.41, 5.74) is -0.947. The summed E-state index contributed by atoms with van der Waals surface area (Å²) in [6.07, 6.45) is 5.11. The molecule has 0 bridgehead atoms. The summed E-state index contributed by atoms with van der Waals surface area (Å²) in [5, 5.41) is 9.41. The van der Waals surface area contributed by atoms with Crippen molar-refractivity contribution < 1.29 is 14.3 Å². The molecule has 1 amide bonds. The molecule has 0 aromatic rings. The first kappa shape index (κ1) is 15.5. The molecule has 0 N–H and O–H groups in total. The second-order valence-electron chi connectivity index (χ2n) is 5.07. The van der Waals surface area contributed by atoms with Gasteiger partial charge < -0.3 is 9.64 Å². The van der Waals surface area contributed by atoms with Gasteiger partial charge in [-0.25, -0.2) is 0 Å². The Morgan fingerprint density at radius 2 is 1.84 bits per heavy atom. The third-order valence-corrected chi connectivity index (χ3v) is 3.60. The molecular weight excluding hydrogens is 244 g/mol. The molecule has 1 fully saturated rings. The van der Waals surface area contributed by atoms with E-state index >= 15 is 0 Å². The first-order valence-corrected chi connectivity index (χ1v) is 6.88. The van der Waals surface area contributed by atoms with Gasteiger partial charge in [0, 0.05) is 7.05 Å². The molecule has 0 atom stereocenters. The van der Waals surface area contributed by atoms with Crippen molar-refractivity contribution >= 4 is 11.9 Å². The van der Waals surface area contributed by atoms with E-state index in [9.17, 15) is 14.9 Å². The van der Waals surface area contributed by atoms with E-state index in [1.54, 1.807) is 14.0 Å². The fraction of sp³-hybridized carbons (Fsp3) is 0.786. The zero-order valence-corrected chi connectivity index (χ0v) is 11.8. The van der Waals surface area contributed by atoms with Crippen molar-refractivity contribution in [3.8, 4) is 6.07 Å². The Labute approximate surface area is 114 Å². The number of carbonyl (C=O) groups is 2. The number of ether oxygens (including phenoxy) is 1. The van der Waals surface area contributed by atoms with E-state index in [0.717, 1.165) is 25.7 Å². The number of amides is 1. The normalized spacial score (nSPS) is 17.9. The van der Waals surface area contributed by atoms with E-state index in [0.29, 0.717) is 19.4 Å². The van der Waals surface area contributed by atoms with Crippen molar-refractivity contribution in [3.05, 3.63) is 0 Å².